The van der Waals surface area contributed by atoms with Crippen LogP contribution >= 0.6 is 11.6 Å². The topological polar surface area (TPSA) is 90.2 Å². The number of halogens is 2. The van der Waals surface area contributed by atoms with Crippen LogP contribution in [0.3, 0.4) is 0 Å². The molecule has 1 heterocycles. The Balaban J connectivity index is 2.29. The minimum absolute atomic E-state index is 0.0460. The number of non-ortho nitro benzene ring substituents is 1. The fourth-order valence-electron chi connectivity index (χ4n) is 1.46. The van der Waals surface area contributed by atoms with Gasteiger partial charge in [-0.05, 0) is 13.0 Å². The molecule has 1 aromatic carbocycles. The molecule has 0 aliphatic carbocycles. The third-order valence-corrected chi connectivity index (χ3v) is 2.64. The molecule has 9 heteroatoms. The van der Waals surface area contributed by atoms with Gasteiger partial charge in [-0.2, -0.15) is 4.98 Å². The normalized spacial score (nSPS) is 10.2. The summed E-state index contributed by atoms with van der Waals surface area (Å²) >= 11 is 5.87. The third kappa shape index (κ3) is 3.54. The van der Waals surface area contributed by atoms with Crippen LogP contribution in [0.15, 0.2) is 24.4 Å². The van der Waals surface area contributed by atoms with Gasteiger partial charge in [-0.25, -0.2) is 9.37 Å². The largest absolute Gasteiger partial charge is 0.434 e. The van der Waals surface area contributed by atoms with Crippen molar-refractivity contribution in [3.05, 3.63) is 45.4 Å². The molecule has 7 nitrogen and oxygen atoms in total. The monoisotopic (exact) mass is 312 g/mol. The van der Waals surface area contributed by atoms with Crippen molar-refractivity contribution in [3.63, 3.8) is 0 Å². The van der Waals surface area contributed by atoms with Crippen molar-refractivity contribution in [1.82, 2.24) is 9.97 Å². The van der Waals surface area contributed by atoms with Crippen molar-refractivity contribution in [1.29, 1.82) is 0 Å². The van der Waals surface area contributed by atoms with Crippen molar-refractivity contribution < 1.29 is 14.1 Å². The number of nitrogens with zero attached hydrogens (tertiary/aromatic N) is 3. The van der Waals surface area contributed by atoms with Crippen LogP contribution in [0.25, 0.3) is 0 Å². The highest BCUT2D eigenvalue weighted by molar-refractivity contribution is 6.31. The maximum atomic E-state index is 13.7. The maximum Gasteiger partial charge on any atom is 0.272 e. The van der Waals surface area contributed by atoms with Crippen LogP contribution in [0.2, 0.25) is 5.02 Å². The number of aromatic nitrogens is 2. The van der Waals surface area contributed by atoms with Gasteiger partial charge in [-0.1, -0.05) is 11.6 Å². The van der Waals surface area contributed by atoms with Crippen molar-refractivity contribution in [2.45, 2.75) is 6.92 Å². The van der Waals surface area contributed by atoms with Crippen LogP contribution in [0.5, 0.6) is 11.6 Å². The second kappa shape index (κ2) is 6.31. The summed E-state index contributed by atoms with van der Waals surface area (Å²) in [7, 11) is 0. The average Bonchev–Trinajstić information content (AvgIpc) is 2.44. The molecule has 1 aromatic heterocycles. The zero-order chi connectivity index (χ0) is 15.4. The highest BCUT2D eigenvalue weighted by atomic mass is 35.5. The molecule has 0 amide bonds. The Kier molecular flexibility index (Phi) is 4.49. The fraction of sp³-hybridized carbons (Fsp3) is 0.167. The number of hydrogen-bond acceptors (Lipinski definition) is 6. The third-order valence-electron chi connectivity index (χ3n) is 2.38. The lowest BCUT2D eigenvalue weighted by atomic mass is 10.3. The summed E-state index contributed by atoms with van der Waals surface area (Å²) in [5.74, 6) is -0.873. The number of nitro benzene ring substituents is 1. The maximum absolute atomic E-state index is 13.7. The van der Waals surface area contributed by atoms with Crippen LogP contribution in [0, 0.1) is 15.9 Å². The number of anilines is 1. The highest BCUT2D eigenvalue weighted by Crippen LogP contribution is 2.30. The predicted octanol–water partition coefficient (Wildman–Crippen LogP) is 3.40. The van der Waals surface area contributed by atoms with E-state index in [2.05, 4.69) is 15.3 Å². The molecular weight excluding hydrogens is 303 g/mol. The Hall–Kier alpha value is -2.48. The van der Waals surface area contributed by atoms with E-state index in [4.69, 9.17) is 16.3 Å². The van der Waals surface area contributed by atoms with Crippen LogP contribution in [0.1, 0.15) is 6.92 Å². The van der Waals surface area contributed by atoms with Crippen molar-refractivity contribution >= 4 is 23.2 Å². The summed E-state index contributed by atoms with van der Waals surface area (Å²) < 4.78 is 19.0. The van der Waals surface area contributed by atoms with Gasteiger partial charge in [0.05, 0.1) is 17.2 Å². The zero-order valence-corrected chi connectivity index (χ0v) is 11.6. The first-order valence-corrected chi connectivity index (χ1v) is 6.27. The molecule has 0 aliphatic heterocycles. The van der Waals surface area contributed by atoms with E-state index in [1.807, 2.05) is 6.92 Å². The molecule has 0 bridgehead atoms. The van der Waals surface area contributed by atoms with E-state index in [0.717, 1.165) is 18.2 Å². The van der Waals surface area contributed by atoms with Gasteiger partial charge in [0.2, 0.25) is 11.8 Å². The zero-order valence-electron chi connectivity index (χ0n) is 10.8. The molecule has 0 atom stereocenters. The smallest absolute Gasteiger partial charge is 0.272 e. The van der Waals surface area contributed by atoms with E-state index < -0.39 is 10.7 Å². The second-order valence-corrected chi connectivity index (χ2v) is 4.26. The Morgan fingerprint density at radius 1 is 1.52 bits per heavy atom. The summed E-state index contributed by atoms with van der Waals surface area (Å²) in [4.78, 5) is 17.7. The summed E-state index contributed by atoms with van der Waals surface area (Å²) in [5, 5.41) is 13.5. The van der Waals surface area contributed by atoms with E-state index in [-0.39, 0.29) is 28.3 Å². The summed E-state index contributed by atoms with van der Waals surface area (Å²) in [5.41, 5.74) is -0.373. The number of nitro groups is 1. The number of benzene rings is 1. The van der Waals surface area contributed by atoms with E-state index in [1.165, 1.54) is 6.20 Å². The van der Waals surface area contributed by atoms with Crippen LogP contribution in [0.4, 0.5) is 16.0 Å². The van der Waals surface area contributed by atoms with Gasteiger partial charge < -0.3 is 10.1 Å². The minimum Gasteiger partial charge on any atom is -0.434 e. The van der Waals surface area contributed by atoms with Gasteiger partial charge >= 0.3 is 0 Å². The SMILES string of the molecule is CCNc1ncc(Cl)c(Oc2ccc([N+](=O)[O-])cc2F)n1. The molecule has 0 radical (unpaired) electrons. The van der Waals surface area contributed by atoms with E-state index in [9.17, 15) is 14.5 Å². The minimum atomic E-state index is -0.885. The lowest BCUT2D eigenvalue weighted by Gasteiger charge is -2.08. The quantitative estimate of drug-likeness (QED) is 0.672. The fourth-order valence-corrected chi connectivity index (χ4v) is 1.59. The van der Waals surface area contributed by atoms with Crippen LogP contribution in [-0.2, 0) is 0 Å². The summed E-state index contributed by atoms with van der Waals surface area (Å²) in [6, 6.07) is 3.02. The average molecular weight is 313 g/mol. The molecule has 0 fully saturated rings. The Morgan fingerprint density at radius 3 is 2.90 bits per heavy atom. The Labute approximate surface area is 123 Å². The molecule has 2 rings (SSSR count). The molecular formula is C12H10ClFN4O3. The van der Waals surface area contributed by atoms with Crippen LogP contribution < -0.4 is 10.1 Å². The molecule has 1 N–H and O–H groups in total. The molecule has 0 unspecified atom stereocenters. The lowest BCUT2D eigenvalue weighted by Crippen LogP contribution is -2.03. The Morgan fingerprint density at radius 2 is 2.29 bits per heavy atom. The van der Waals surface area contributed by atoms with Gasteiger partial charge in [0, 0.05) is 12.6 Å². The van der Waals surface area contributed by atoms with Gasteiger partial charge in [0.15, 0.2) is 11.6 Å². The van der Waals surface area contributed by atoms with E-state index >= 15 is 0 Å². The molecule has 0 aliphatic rings. The second-order valence-electron chi connectivity index (χ2n) is 3.85. The molecule has 0 saturated carbocycles. The van der Waals surface area contributed by atoms with Crippen LogP contribution in [-0.4, -0.2) is 21.4 Å². The predicted molar refractivity (Wildman–Crippen MR) is 74.3 cm³/mol. The molecule has 110 valence electrons. The number of rotatable bonds is 5. The standard InChI is InChI=1S/C12H10ClFN4O3/c1-2-15-12-16-6-8(13)11(17-12)21-10-4-3-7(18(19)20)5-9(10)14/h3-6H,2H2,1H3,(H,15,16,17). The van der Waals surface area contributed by atoms with Crippen molar-refractivity contribution in [2.24, 2.45) is 0 Å². The first-order valence-electron chi connectivity index (χ1n) is 5.89. The highest BCUT2D eigenvalue weighted by Gasteiger charge is 2.14. The first kappa shape index (κ1) is 14.9. The van der Waals surface area contributed by atoms with E-state index in [0.29, 0.717) is 6.54 Å². The number of ether oxygens (including phenoxy) is 1. The first-order chi connectivity index (χ1) is 10.0. The molecule has 0 saturated heterocycles. The molecule has 0 spiro atoms. The van der Waals surface area contributed by atoms with Crippen molar-refractivity contribution in [2.75, 3.05) is 11.9 Å². The van der Waals surface area contributed by atoms with Gasteiger partial charge in [-0.15, -0.1) is 0 Å². The number of nitrogens with one attached hydrogen (secondary N) is 1. The molecule has 2 aromatic rings. The van der Waals surface area contributed by atoms with Gasteiger partial charge in [-0.3, -0.25) is 10.1 Å². The molecule has 21 heavy (non-hydrogen) atoms. The summed E-state index contributed by atoms with van der Waals surface area (Å²) in [6.07, 6.45) is 1.31. The number of hydrogen-bond donors (Lipinski definition) is 1. The summed E-state index contributed by atoms with van der Waals surface area (Å²) in [6.45, 7) is 2.45. The van der Waals surface area contributed by atoms with Crippen molar-refractivity contribution in [3.8, 4) is 11.6 Å². The van der Waals surface area contributed by atoms with Gasteiger partial charge in [0.1, 0.15) is 5.02 Å². The lowest BCUT2D eigenvalue weighted by molar-refractivity contribution is -0.385. The van der Waals surface area contributed by atoms with Gasteiger partial charge in [0.25, 0.3) is 5.69 Å². The Bertz CT molecular complexity index is 684. The van der Waals surface area contributed by atoms with E-state index in [1.54, 1.807) is 0 Å².